The first kappa shape index (κ1) is 22.4. The molecule has 0 atom stereocenters. The first-order valence-corrected chi connectivity index (χ1v) is 9.46. The highest BCUT2D eigenvalue weighted by Gasteiger charge is 2.25. The summed E-state index contributed by atoms with van der Waals surface area (Å²) in [6.07, 6.45) is 2.50. The van der Waals surface area contributed by atoms with Crippen molar-refractivity contribution in [1.82, 2.24) is 5.32 Å². The molecule has 1 fully saturated rings. The Morgan fingerprint density at radius 1 is 1.24 bits per heavy atom. The number of ether oxygens (including phenoxy) is 4. The first-order chi connectivity index (χ1) is 13.9. The van der Waals surface area contributed by atoms with Crippen LogP contribution in [0.25, 0.3) is 0 Å². The Morgan fingerprint density at radius 3 is 2.66 bits per heavy atom. The van der Waals surface area contributed by atoms with Gasteiger partial charge < -0.3 is 18.9 Å². The van der Waals surface area contributed by atoms with Crippen molar-refractivity contribution in [3.05, 3.63) is 33.2 Å². The van der Waals surface area contributed by atoms with E-state index in [1.165, 1.54) is 27.5 Å². The number of hydrogen-bond donors (Lipinski definition) is 1. The number of thioether (sulfide) groups is 1. The molecule has 2 rings (SSSR count). The second kappa shape index (κ2) is 10.6. The minimum Gasteiger partial charge on any atom is -0.493 e. The molecular formula is C17H16BrN3O7S. The summed E-state index contributed by atoms with van der Waals surface area (Å²) in [6.45, 7) is -0.273. The van der Waals surface area contributed by atoms with Crippen molar-refractivity contribution in [3.63, 3.8) is 0 Å². The molecule has 0 aromatic heterocycles. The van der Waals surface area contributed by atoms with E-state index >= 15 is 0 Å². The Kier molecular flexibility index (Phi) is 8.21. The maximum Gasteiger partial charge on any atom is 0.343 e. The summed E-state index contributed by atoms with van der Waals surface area (Å²) in [7, 11) is 3.93. The monoisotopic (exact) mass is 485 g/mol. The number of esters is 2. The highest BCUT2D eigenvalue weighted by Crippen LogP contribution is 2.36. The van der Waals surface area contributed by atoms with Gasteiger partial charge in [0.05, 0.1) is 36.9 Å². The highest BCUT2D eigenvalue weighted by molar-refractivity contribution is 9.10. The SMILES string of the molecule is COC(=O)/C=C1/S/C(=N\N=Cc2cc(Br)c(OCC(=O)OC)c(OC)c2)NC1=O. The molecule has 0 saturated carbocycles. The van der Waals surface area contributed by atoms with Crippen LogP contribution in [0.2, 0.25) is 0 Å². The molecular weight excluding hydrogens is 470 g/mol. The van der Waals surface area contributed by atoms with Crippen LogP contribution in [0.15, 0.2) is 37.8 Å². The fourth-order valence-corrected chi connectivity index (χ4v) is 3.25. The number of carbonyl (C=O) groups excluding carboxylic acids is 3. The maximum atomic E-state index is 11.8. The maximum absolute atomic E-state index is 11.8. The van der Waals surface area contributed by atoms with E-state index in [1.807, 2.05) is 0 Å². The highest BCUT2D eigenvalue weighted by atomic mass is 79.9. The van der Waals surface area contributed by atoms with Crippen LogP contribution in [-0.2, 0) is 23.9 Å². The van der Waals surface area contributed by atoms with Crippen molar-refractivity contribution in [2.75, 3.05) is 27.9 Å². The van der Waals surface area contributed by atoms with Crippen molar-refractivity contribution < 1.29 is 33.3 Å². The summed E-state index contributed by atoms with van der Waals surface area (Å²) < 4.78 is 20.2. The number of carbonyl (C=O) groups is 3. The smallest absolute Gasteiger partial charge is 0.343 e. The Morgan fingerprint density at radius 2 is 2.00 bits per heavy atom. The second-order valence-corrected chi connectivity index (χ2v) is 7.02. The predicted molar refractivity (Wildman–Crippen MR) is 109 cm³/mol. The molecule has 12 heteroatoms. The third-order valence-electron chi connectivity index (χ3n) is 3.27. The average molecular weight is 486 g/mol. The molecule has 29 heavy (non-hydrogen) atoms. The third kappa shape index (κ3) is 6.32. The van der Waals surface area contributed by atoms with Crippen LogP contribution < -0.4 is 14.8 Å². The molecule has 1 aliphatic heterocycles. The van der Waals surface area contributed by atoms with E-state index in [-0.39, 0.29) is 16.7 Å². The van der Waals surface area contributed by atoms with E-state index < -0.39 is 17.8 Å². The lowest BCUT2D eigenvalue weighted by atomic mass is 10.2. The topological polar surface area (TPSA) is 125 Å². The van der Waals surface area contributed by atoms with Gasteiger partial charge in [0.15, 0.2) is 23.3 Å². The molecule has 0 unspecified atom stereocenters. The Labute approximate surface area is 178 Å². The van der Waals surface area contributed by atoms with Crippen molar-refractivity contribution in [3.8, 4) is 11.5 Å². The fraction of sp³-hybridized carbons (Fsp3) is 0.235. The van der Waals surface area contributed by atoms with Gasteiger partial charge in [0, 0.05) is 6.08 Å². The Bertz CT molecular complexity index is 915. The van der Waals surface area contributed by atoms with Crippen LogP contribution >= 0.6 is 27.7 Å². The standard InChI is InChI=1S/C17H16BrN3O7S/c1-25-11-5-9(4-10(18)15(11)28-8-14(23)27-3)7-19-21-17-20-16(24)12(29-17)6-13(22)26-2/h4-7H,8H2,1-3H3,(H,20,21,24)/b12-6+,19-7?. The van der Waals surface area contributed by atoms with E-state index in [4.69, 9.17) is 9.47 Å². The third-order valence-corrected chi connectivity index (χ3v) is 4.76. The largest absolute Gasteiger partial charge is 0.493 e. The quantitative estimate of drug-likeness (QED) is 0.267. The van der Waals surface area contributed by atoms with Crippen molar-refractivity contribution in [2.24, 2.45) is 10.2 Å². The molecule has 1 heterocycles. The average Bonchev–Trinajstić information content (AvgIpc) is 3.05. The molecule has 0 aliphatic carbocycles. The van der Waals surface area contributed by atoms with Gasteiger partial charge in [0.2, 0.25) is 0 Å². The number of amides is 1. The van der Waals surface area contributed by atoms with Crippen LogP contribution in [-0.4, -0.2) is 57.2 Å². The summed E-state index contributed by atoms with van der Waals surface area (Å²) in [5, 5.41) is 10.5. The van der Waals surface area contributed by atoms with E-state index in [9.17, 15) is 14.4 Å². The van der Waals surface area contributed by atoms with Crippen molar-refractivity contribution in [1.29, 1.82) is 0 Å². The van der Waals surface area contributed by atoms with Gasteiger partial charge in [0.1, 0.15) is 0 Å². The summed E-state index contributed by atoms with van der Waals surface area (Å²) in [5.41, 5.74) is 0.614. The molecule has 0 radical (unpaired) electrons. The lowest BCUT2D eigenvalue weighted by Gasteiger charge is -2.12. The van der Waals surface area contributed by atoms with Gasteiger partial charge in [-0.05, 0) is 45.4 Å². The van der Waals surface area contributed by atoms with Gasteiger partial charge >= 0.3 is 11.9 Å². The first-order valence-electron chi connectivity index (χ1n) is 7.85. The minimum absolute atomic E-state index is 0.155. The van der Waals surface area contributed by atoms with Crippen molar-refractivity contribution >= 4 is 56.9 Å². The zero-order valence-electron chi connectivity index (χ0n) is 15.6. The summed E-state index contributed by atoms with van der Waals surface area (Å²) in [4.78, 5) is 34.4. The molecule has 1 aromatic carbocycles. The summed E-state index contributed by atoms with van der Waals surface area (Å²) >= 11 is 4.31. The number of amidine groups is 1. The van der Waals surface area contributed by atoms with Gasteiger partial charge in [-0.2, -0.15) is 5.10 Å². The lowest BCUT2D eigenvalue weighted by Crippen LogP contribution is -2.19. The van der Waals surface area contributed by atoms with E-state index in [2.05, 4.69) is 40.9 Å². The van der Waals surface area contributed by atoms with Crippen LogP contribution in [0.3, 0.4) is 0 Å². The van der Waals surface area contributed by atoms with Crippen LogP contribution in [0.4, 0.5) is 0 Å². The second-order valence-electron chi connectivity index (χ2n) is 5.14. The van der Waals surface area contributed by atoms with Crippen molar-refractivity contribution in [2.45, 2.75) is 0 Å². The van der Waals surface area contributed by atoms with E-state index in [1.54, 1.807) is 12.1 Å². The van der Waals surface area contributed by atoms with Crippen LogP contribution in [0, 0.1) is 0 Å². The Hall–Kier alpha value is -2.86. The minimum atomic E-state index is -0.640. The van der Waals surface area contributed by atoms with Gasteiger partial charge in [-0.3, -0.25) is 10.1 Å². The molecule has 1 amide bonds. The number of methoxy groups -OCH3 is 3. The van der Waals surface area contributed by atoms with Crippen LogP contribution in [0.1, 0.15) is 5.56 Å². The molecule has 1 aliphatic rings. The molecule has 1 aromatic rings. The predicted octanol–water partition coefficient (Wildman–Crippen LogP) is 1.62. The fourth-order valence-electron chi connectivity index (χ4n) is 1.93. The number of benzene rings is 1. The van der Waals surface area contributed by atoms with E-state index in [0.29, 0.717) is 21.5 Å². The molecule has 154 valence electrons. The lowest BCUT2D eigenvalue weighted by molar-refractivity contribution is -0.143. The summed E-state index contributed by atoms with van der Waals surface area (Å²) in [6, 6.07) is 3.31. The number of rotatable bonds is 7. The number of halogens is 1. The summed E-state index contributed by atoms with van der Waals surface area (Å²) in [5.74, 6) is -0.941. The molecule has 1 N–H and O–H groups in total. The van der Waals surface area contributed by atoms with Crippen LogP contribution in [0.5, 0.6) is 11.5 Å². The van der Waals surface area contributed by atoms with Gasteiger partial charge in [-0.15, -0.1) is 5.10 Å². The van der Waals surface area contributed by atoms with E-state index in [0.717, 1.165) is 17.8 Å². The Balaban J connectivity index is 2.13. The molecule has 10 nitrogen and oxygen atoms in total. The zero-order valence-corrected chi connectivity index (χ0v) is 18.0. The number of nitrogens with one attached hydrogen (secondary N) is 1. The normalized spacial score (nSPS) is 16.2. The number of nitrogens with zero attached hydrogens (tertiary/aromatic N) is 2. The zero-order chi connectivity index (χ0) is 21.4. The van der Waals surface area contributed by atoms with Gasteiger partial charge in [0.25, 0.3) is 5.91 Å². The molecule has 1 saturated heterocycles. The number of hydrogen-bond acceptors (Lipinski definition) is 10. The molecule has 0 spiro atoms. The molecule has 0 bridgehead atoms. The van der Waals surface area contributed by atoms with Gasteiger partial charge in [-0.25, -0.2) is 9.59 Å². The van der Waals surface area contributed by atoms with Gasteiger partial charge in [-0.1, -0.05) is 0 Å².